The van der Waals surface area contributed by atoms with E-state index in [1.807, 2.05) is 24.4 Å². The summed E-state index contributed by atoms with van der Waals surface area (Å²) in [5.41, 5.74) is 1.51. The summed E-state index contributed by atoms with van der Waals surface area (Å²) < 4.78 is 23.4. The van der Waals surface area contributed by atoms with Crippen LogP contribution in [0.15, 0.2) is 30.5 Å². The topological polar surface area (TPSA) is 70.2 Å². The Bertz CT molecular complexity index is 779. The largest absolute Gasteiger partial charge is 0.361 e. The van der Waals surface area contributed by atoms with Crippen molar-refractivity contribution in [1.82, 2.24) is 9.88 Å². The van der Waals surface area contributed by atoms with Crippen molar-refractivity contribution >= 4 is 26.6 Å². The molecule has 112 valence electrons. The molecule has 0 saturated carbocycles. The molecule has 0 aliphatic carbocycles. The molecular weight excluding hydrogens is 288 g/mol. The normalized spacial score (nSPS) is 19.9. The van der Waals surface area contributed by atoms with Crippen LogP contribution in [0.25, 0.3) is 10.9 Å². The van der Waals surface area contributed by atoms with E-state index >= 15 is 0 Å². The highest BCUT2D eigenvalue weighted by Crippen LogP contribution is 2.20. The van der Waals surface area contributed by atoms with Crippen LogP contribution in [0.3, 0.4) is 0 Å². The number of piperidine rings is 1. The average molecular weight is 306 g/mol. The molecule has 1 amide bonds. The molecule has 1 N–H and O–H groups in total. The number of likely N-dealkylation sites (tertiary alicyclic amines) is 1. The third-order valence-corrected chi connectivity index (χ3v) is 5.67. The SMILES string of the molecule is CS(=O)(=O)C1CCCN(C(=O)c2ccc3cc[nH]c3c2)C1. The Morgan fingerprint density at radius 2 is 2.14 bits per heavy atom. The van der Waals surface area contributed by atoms with E-state index < -0.39 is 15.1 Å². The lowest BCUT2D eigenvalue weighted by atomic mass is 10.1. The van der Waals surface area contributed by atoms with Gasteiger partial charge in [-0.3, -0.25) is 4.79 Å². The van der Waals surface area contributed by atoms with Crippen molar-refractivity contribution in [2.45, 2.75) is 18.1 Å². The number of hydrogen-bond acceptors (Lipinski definition) is 3. The van der Waals surface area contributed by atoms with E-state index in [-0.39, 0.29) is 5.91 Å². The van der Waals surface area contributed by atoms with Crippen LogP contribution in [-0.4, -0.2) is 48.8 Å². The van der Waals surface area contributed by atoms with Gasteiger partial charge in [0.2, 0.25) is 0 Å². The van der Waals surface area contributed by atoms with Gasteiger partial charge < -0.3 is 9.88 Å². The van der Waals surface area contributed by atoms with E-state index in [9.17, 15) is 13.2 Å². The molecule has 5 nitrogen and oxygen atoms in total. The molecule has 1 fully saturated rings. The molecule has 21 heavy (non-hydrogen) atoms. The van der Waals surface area contributed by atoms with Crippen molar-refractivity contribution in [3.63, 3.8) is 0 Å². The first-order valence-corrected chi connectivity index (χ1v) is 8.96. The minimum absolute atomic E-state index is 0.0974. The monoisotopic (exact) mass is 306 g/mol. The number of fused-ring (bicyclic) bond motifs is 1. The van der Waals surface area contributed by atoms with Crippen molar-refractivity contribution in [2.75, 3.05) is 19.3 Å². The molecule has 0 spiro atoms. The maximum atomic E-state index is 12.6. The number of nitrogens with one attached hydrogen (secondary N) is 1. The Balaban J connectivity index is 1.83. The lowest BCUT2D eigenvalue weighted by Crippen LogP contribution is -2.44. The number of carbonyl (C=O) groups excluding carboxylic acids is 1. The van der Waals surface area contributed by atoms with E-state index in [1.54, 1.807) is 11.0 Å². The zero-order chi connectivity index (χ0) is 15.0. The number of aromatic amines is 1. The second kappa shape index (κ2) is 5.18. The van der Waals surface area contributed by atoms with Gasteiger partial charge in [-0.15, -0.1) is 0 Å². The molecule has 0 radical (unpaired) electrons. The van der Waals surface area contributed by atoms with Gasteiger partial charge in [0.1, 0.15) is 0 Å². The van der Waals surface area contributed by atoms with Crippen LogP contribution in [0.4, 0.5) is 0 Å². The Hall–Kier alpha value is -1.82. The third kappa shape index (κ3) is 2.81. The van der Waals surface area contributed by atoms with E-state index in [4.69, 9.17) is 0 Å². The lowest BCUT2D eigenvalue weighted by Gasteiger charge is -2.31. The van der Waals surface area contributed by atoms with Crippen molar-refractivity contribution in [3.8, 4) is 0 Å². The molecule has 3 rings (SSSR count). The van der Waals surface area contributed by atoms with E-state index in [0.717, 1.165) is 17.3 Å². The number of nitrogens with zero attached hydrogens (tertiary/aromatic N) is 1. The highest BCUT2D eigenvalue weighted by atomic mass is 32.2. The summed E-state index contributed by atoms with van der Waals surface area (Å²) >= 11 is 0. The summed E-state index contributed by atoms with van der Waals surface area (Å²) in [5, 5.41) is 0.614. The quantitative estimate of drug-likeness (QED) is 0.920. The molecule has 2 heterocycles. The number of carbonyl (C=O) groups is 1. The first-order valence-electron chi connectivity index (χ1n) is 7.00. The predicted molar refractivity (Wildman–Crippen MR) is 82.1 cm³/mol. The Kier molecular flexibility index (Phi) is 3.49. The molecule has 1 saturated heterocycles. The summed E-state index contributed by atoms with van der Waals surface area (Å²) in [5.74, 6) is -0.0974. The van der Waals surface area contributed by atoms with E-state index in [1.165, 1.54) is 6.26 Å². The van der Waals surface area contributed by atoms with Gasteiger partial charge in [0, 0.05) is 36.6 Å². The molecule has 1 aliphatic rings. The molecule has 1 atom stereocenters. The number of aromatic nitrogens is 1. The first kappa shape index (κ1) is 14.1. The van der Waals surface area contributed by atoms with Crippen molar-refractivity contribution < 1.29 is 13.2 Å². The fraction of sp³-hybridized carbons (Fsp3) is 0.400. The van der Waals surface area contributed by atoms with Gasteiger partial charge in [0.25, 0.3) is 5.91 Å². The number of hydrogen-bond donors (Lipinski definition) is 1. The summed E-state index contributed by atoms with van der Waals surface area (Å²) in [7, 11) is -3.10. The van der Waals surface area contributed by atoms with Crippen LogP contribution in [0.5, 0.6) is 0 Å². The minimum Gasteiger partial charge on any atom is -0.361 e. The predicted octanol–water partition coefficient (Wildman–Crippen LogP) is 1.82. The van der Waals surface area contributed by atoms with Crippen LogP contribution in [0.1, 0.15) is 23.2 Å². The highest BCUT2D eigenvalue weighted by Gasteiger charge is 2.30. The second-order valence-electron chi connectivity index (χ2n) is 5.62. The average Bonchev–Trinajstić information content (AvgIpc) is 2.93. The summed E-state index contributed by atoms with van der Waals surface area (Å²) in [6.07, 6.45) is 4.45. The van der Waals surface area contributed by atoms with Crippen LogP contribution >= 0.6 is 0 Å². The summed E-state index contributed by atoms with van der Waals surface area (Å²) in [4.78, 5) is 17.3. The van der Waals surface area contributed by atoms with Crippen molar-refractivity contribution in [2.24, 2.45) is 0 Å². The van der Waals surface area contributed by atoms with Gasteiger partial charge in [-0.1, -0.05) is 6.07 Å². The Morgan fingerprint density at radius 3 is 2.90 bits per heavy atom. The van der Waals surface area contributed by atoms with Crippen LogP contribution in [-0.2, 0) is 9.84 Å². The Labute approximate surface area is 123 Å². The van der Waals surface area contributed by atoms with Gasteiger partial charge in [-0.2, -0.15) is 0 Å². The first-order chi connectivity index (χ1) is 9.95. The standard InChI is InChI=1S/C15H18N2O3S/c1-21(19,20)13-3-2-8-17(10-13)15(18)12-5-4-11-6-7-16-14(11)9-12/h4-7,9,13,16H,2-3,8,10H2,1H3. The summed E-state index contributed by atoms with van der Waals surface area (Å²) in [6.45, 7) is 0.911. The van der Waals surface area contributed by atoms with E-state index in [0.29, 0.717) is 25.1 Å². The molecular formula is C15H18N2O3S. The maximum Gasteiger partial charge on any atom is 0.253 e. The van der Waals surface area contributed by atoms with Gasteiger partial charge >= 0.3 is 0 Å². The molecule has 6 heteroatoms. The van der Waals surface area contributed by atoms with Gasteiger partial charge in [0.05, 0.1) is 5.25 Å². The number of benzene rings is 1. The molecule has 0 bridgehead atoms. The highest BCUT2D eigenvalue weighted by molar-refractivity contribution is 7.91. The molecule has 1 aromatic carbocycles. The third-order valence-electron chi connectivity index (χ3n) is 4.07. The number of H-pyrrole nitrogens is 1. The minimum atomic E-state index is -3.10. The zero-order valence-electron chi connectivity index (χ0n) is 11.9. The van der Waals surface area contributed by atoms with Crippen LogP contribution < -0.4 is 0 Å². The van der Waals surface area contributed by atoms with E-state index in [2.05, 4.69) is 4.98 Å². The fourth-order valence-corrected chi connectivity index (χ4v) is 3.88. The molecule has 1 aliphatic heterocycles. The Morgan fingerprint density at radius 1 is 1.33 bits per heavy atom. The van der Waals surface area contributed by atoms with Gasteiger partial charge in [0.15, 0.2) is 9.84 Å². The molecule has 2 aromatic rings. The zero-order valence-corrected chi connectivity index (χ0v) is 12.7. The fourth-order valence-electron chi connectivity index (χ4n) is 2.84. The molecule has 1 aromatic heterocycles. The van der Waals surface area contributed by atoms with Crippen LogP contribution in [0, 0.1) is 0 Å². The number of sulfone groups is 1. The summed E-state index contributed by atoms with van der Waals surface area (Å²) in [6, 6.07) is 7.46. The van der Waals surface area contributed by atoms with Gasteiger partial charge in [-0.25, -0.2) is 8.42 Å². The number of amides is 1. The maximum absolute atomic E-state index is 12.6. The second-order valence-corrected chi connectivity index (χ2v) is 7.95. The van der Waals surface area contributed by atoms with Gasteiger partial charge in [-0.05, 0) is 36.4 Å². The van der Waals surface area contributed by atoms with Crippen molar-refractivity contribution in [1.29, 1.82) is 0 Å². The number of rotatable bonds is 2. The smallest absolute Gasteiger partial charge is 0.253 e. The molecule has 1 unspecified atom stereocenters. The van der Waals surface area contributed by atoms with Crippen molar-refractivity contribution in [3.05, 3.63) is 36.0 Å². The lowest BCUT2D eigenvalue weighted by molar-refractivity contribution is 0.0727. The van der Waals surface area contributed by atoms with Crippen LogP contribution in [0.2, 0.25) is 0 Å².